The molecule has 212 valence electrons. The fourth-order valence-electron chi connectivity index (χ4n) is 3.66. The molecule has 3 amide bonds. The molecule has 0 fully saturated rings. The van der Waals surface area contributed by atoms with Gasteiger partial charge in [0, 0.05) is 12.8 Å². The van der Waals surface area contributed by atoms with Crippen molar-refractivity contribution >= 4 is 29.5 Å². The second kappa shape index (κ2) is 15.4. The van der Waals surface area contributed by atoms with E-state index in [0.717, 1.165) is 5.56 Å². The van der Waals surface area contributed by atoms with Crippen molar-refractivity contribution in [2.24, 2.45) is 11.8 Å². The quantitative estimate of drug-likeness (QED) is 0.265. The van der Waals surface area contributed by atoms with Crippen LogP contribution in [0.3, 0.4) is 0 Å². The Balaban J connectivity index is 1.97. The van der Waals surface area contributed by atoms with Crippen LogP contribution in [0.2, 0.25) is 0 Å². The van der Waals surface area contributed by atoms with Crippen molar-refractivity contribution < 1.29 is 28.3 Å². The first-order valence-corrected chi connectivity index (χ1v) is 12.8. The zero-order valence-corrected chi connectivity index (χ0v) is 22.6. The van der Waals surface area contributed by atoms with Gasteiger partial charge in [-0.25, -0.2) is 14.0 Å². The molecule has 0 radical (unpaired) electrons. The Morgan fingerprint density at radius 1 is 0.923 bits per heavy atom. The number of nitrogens with zero attached hydrogens (tertiary/aromatic N) is 1. The summed E-state index contributed by atoms with van der Waals surface area (Å²) in [4.78, 5) is 67.1. The smallest absolute Gasteiger partial charge is 0.346 e. The lowest BCUT2D eigenvalue weighted by Gasteiger charge is -2.24. The highest BCUT2D eigenvalue weighted by atomic mass is 19.1. The van der Waals surface area contributed by atoms with E-state index < -0.39 is 53.1 Å². The van der Waals surface area contributed by atoms with Gasteiger partial charge in [-0.2, -0.15) is 4.98 Å². The Morgan fingerprint density at radius 2 is 1.54 bits per heavy atom. The number of halogens is 1. The summed E-state index contributed by atoms with van der Waals surface area (Å²) in [5, 5.41) is 7.51. The van der Waals surface area contributed by atoms with Gasteiger partial charge in [0.25, 0.3) is 0 Å². The number of rotatable bonds is 14. The van der Waals surface area contributed by atoms with Crippen LogP contribution in [0.1, 0.15) is 58.9 Å². The van der Waals surface area contributed by atoms with Gasteiger partial charge in [-0.1, -0.05) is 58.0 Å². The van der Waals surface area contributed by atoms with Crippen molar-refractivity contribution in [2.45, 2.75) is 72.1 Å². The molecule has 2 rings (SSSR count). The second-order valence-electron chi connectivity index (χ2n) is 9.99. The standard InChI is InChI=1S/C27H36FN5O6/c1-16(2)12-20(30-22(34)10-11-23(35)32-24-19(28)14-29-27(38)33-24)25(36)31-21(13-17(3)4)26(37)39-15-18-8-6-5-7-9-18/h5-9,14,16-17,20-21H,10-13,15H2,1-4H3,(H,30,34)(H,31,36)(H2,29,32,33,35,38)/t20-,21-/m0/s1. The maximum Gasteiger partial charge on any atom is 0.346 e. The van der Waals surface area contributed by atoms with Crippen LogP contribution in [0.4, 0.5) is 10.2 Å². The van der Waals surface area contributed by atoms with Gasteiger partial charge in [0.15, 0.2) is 11.6 Å². The van der Waals surface area contributed by atoms with Crippen LogP contribution in [0, 0.1) is 17.7 Å². The Bertz CT molecular complexity index is 1180. The molecule has 1 aromatic carbocycles. The second-order valence-corrected chi connectivity index (χ2v) is 9.99. The van der Waals surface area contributed by atoms with E-state index in [1.165, 1.54) is 0 Å². The van der Waals surface area contributed by atoms with Gasteiger partial charge in [0.2, 0.25) is 17.7 Å². The van der Waals surface area contributed by atoms with E-state index in [9.17, 15) is 28.4 Å². The molecule has 1 heterocycles. The van der Waals surface area contributed by atoms with Crippen LogP contribution >= 0.6 is 0 Å². The molecule has 0 aliphatic carbocycles. The minimum absolute atomic E-state index is 0.0319. The number of nitrogens with one attached hydrogen (secondary N) is 4. The third-order valence-corrected chi connectivity index (χ3v) is 5.50. The van der Waals surface area contributed by atoms with Gasteiger partial charge in [0.05, 0.1) is 6.20 Å². The first-order chi connectivity index (χ1) is 18.4. The summed E-state index contributed by atoms with van der Waals surface area (Å²) < 4.78 is 19.1. The van der Waals surface area contributed by atoms with Gasteiger partial charge in [0.1, 0.15) is 18.7 Å². The summed E-state index contributed by atoms with van der Waals surface area (Å²) in [7, 11) is 0. The van der Waals surface area contributed by atoms with Gasteiger partial charge in [-0.05, 0) is 30.2 Å². The Kier molecular flexibility index (Phi) is 12.3. The fraction of sp³-hybridized carbons (Fsp3) is 0.481. The number of anilines is 1. The van der Waals surface area contributed by atoms with Crippen molar-refractivity contribution in [3.63, 3.8) is 0 Å². The van der Waals surface area contributed by atoms with E-state index in [2.05, 4.69) is 25.9 Å². The molecule has 0 bridgehead atoms. The van der Waals surface area contributed by atoms with E-state index in [1.54, 1.807) is 0 Å². The third-order valence-electron chi connectivity index (χ3n) is 5.50. The van der Waals surface area contributed by atoms with Gasteiger partial charge < -0.3 is 20.7 Å². The average molecular weight is 546 g/mol. The number of benzene rings is 1. The monoisotopic (exact) mass is 545 g/mol. The summed E-state index contributed by atoms with van der Waals surface area (Å²) in [5.41, 5.74) is -0.0285. The van der Waals surface area contributed by atoms with E-state index in [4.69, 9.17) is 4.74 Å². The van der Waals surface area contributed by atoms with Gasteiger partial charge in [-0.3, -0.25) is 19.4 Å². The highest BCUT2D eigenvalue weighted by Crippen LogP contribution is 2.12. The predicted octanol–water partition coefficient (Wildman–Crippen LogP) is 2.43. The van der Waals surface area contributed by atoms with Crippen molar-refractivity contribution in [2.75, 3.05) is 5.32 Å². The molecule has 0 unspecified atom stereocenters. The lowest BCUT2D eigenvalue weighted by atomic mass is 10.0. The molecule has 1 aromatic heterocycles. The Hall–Kier alpha value is -4.09. The maximum absolute atomic E-state index is 13.7. The summed E-state index contributed by atoms with van der Waals surface area (Å²) in [6.45, 7) is 7.65. The van der Waals surface area contributed by atoms with Crippen molar-refractivity contribution in [3.05, 3.63) is 58.4 Å². The lowest BCUT2D eigenvalue weighted by Crippen LogP contribution is -2.52. The Morgan fingerprint density at radius 3 is 2.18 bits per heavy atom. The number of H-pyrrole nitrogens is 1. The molecule has 12 heteroatoms. The summed E-state index contributed by atoms with van der Waals surface area (Å²) >= 11 is 0. The van der Waals surface area contributed by atoms with Crippen molar-refractivity contribution in [3.8, 4) is 0 Å². The lowest BCUT2D eigenvalue weighted by molar-refractivity contribution is -0.150. The van der Waals surface area contributed by atoms with E-state index in [-0.39, 0.29) is 31.3 Å². The topological polar surface area (TPSA) is 159 Å². The first kappa shape index (κ1) is 31.1. The first-order valence-electron chi connectivity index (χ1n) is 12.8. The highest BCUT2D eigenvalue weighted by molar-refractivity contribution is 5.94. The molecule has 0 saturated carbocycles. The number of aromatic amines is 1. The molecule has 39 heavy (non-hydrogen) atoms. The largest absolute Gasteiger partial charge is 0.459 e. The normalized spacial score (nSPS) is 12.5. The van der Waals surface area contributed by atoms with Gasteiger partial charge >= 0.3 is 11.7 Å². The molecule has 0 aliphatic heterocycles. The molecular formula is C27H36FN5O6. The molecule has 2 aromatic rings. The molecule has 0 aliphatic rings. The summed E-state index contributed by atoms with van der Waals surface area (Å²) in [6, 6.07) is 7.30. The van der Waals surface area contributed by atoms with Gasteiger partial charge in [-0.15, -0.1) is 0 Å². The molecule has 0 saturated heterocycles. The zero-order valence-electron chi connectivity index (χ0n) is 22.6. The zero-order chi connectivity index (χ0) is 28.9. The molecule has 11 nitrogen and oxygen atoms in total. The third kappa shape index (κ3) is 11.5. The predicted molar refractivity (Wildman–Crippen MR) is 142 cm³/mol. The van der Waals surface area contributed by atoms with E-state index in [1.807, 2.05) is 58.0 Å². The summed E-state index contributed by atoms with van der Waals surface area (Å²) in [5.74, 6) is -3.68. The maximum atomic E-state index is 13.7. The molecular weight excluding hydrogens is 509 g/mol. The van der Waals surface area contributed by atoms with E-state index >= 15 is 0 Å². The number of aromatic nitrogens is 2. The highest BCUT2D eigenvalue weighted by Gasteiger charge is 2.29. The SMILES string of the molecule is CC(C)C[C@H](NC(=O)CCC(=O)Nc1[nH]c(=O)ncc1F)C(=O)N[C@@H](CC(C)C)C(=O)OCc1ccccc1. The Labute approximate surface area is 226 Å². The number of esters is 1. The number of carbonyl (C=O) groups is 4. The number of carbonyl (C=O) groups excluding carboxylic acids is 4. The minimum Gasteiger partial charge on any atom is -0.459 e. The number of ether oxygens (including phenoxy) is 1. The molecule has 2 atom stereocenters. The molecule has 4 N–H and O–H groups in total. The van der Waals surface area contributed by atoms with Crippen LogP contribution in [-0.2, 0) is 30.5 Å². The van der Waals surface area contributed by atoms with Crippen LogP contribution in [0.5, 0.6) is 0 Å². The van der Waals surface area contributed by atoms with Crippen LogP contribution in [0.15, 0.2) is 41.3 Å². The minimum atomic E-state index is -0.953. The van der Waals surface area contributed by atoms with Crippen molar-refractivity contribution in [1.29, 1.82) is 0 Å². The van der Waals surface area contributed by atoms with E-state index in [0.29, 0.717) is 19.0 Å². The fourth-order valence-corrected chi connectivity index (χ4v) is 3.66. The number of hydrogen-bond donors (Lipinski definition) is 4. The number of amides is 3. The number of hydrogen-bond acceptors (Lipinski definition) is 7. The van der Waals surface area contributed by atoms with Crippen molar-refractivity contribution in [1.82, 2.24) is 20.6 Å². The van der Waals surface area contributed by atoms with Crippen LogP contribution < -0.4 is 21.6 Å². The van der Waals surface area contributed by atoms with Crippen LogP contribution in [-0.4, -0.2) is 45.7 Å². The van der Waals surface area contributed by atoms with Crippen LogP contribution in [0.25, 0.3) is 0 Å². The summed E-state index contributed by atoms with van der Waals surface area (Å²) in [6.07, 6.45) is 0.684. The molecule has 0 spiro atoms. The average Bonchev–Trinajstić information content (AvgIpc) is 2.87.